The van der Waals surface area contributed by atoms with Crippen LogP contribution < -0.4 is 4.72 Å². The average molecular weight is 293 g/mol. The molecule has 0 saturated heterocycles. The van der Waals surface area contributed by atoms with Crippen molar-refractivity contribution in [2.75, 3.05) is 6.67 Å². The zero-order valence-electron chi connectivity index (χ0n) is 12.1. The van der Waals surface area contributed by atoms with Crippen LogP contribution in [0.1, 0.15) is 25.8 Å². The van der Waals surface area contributed by atoms with Crippen LogP contribution in [0.25, 0.3) is 10.8 Å². The van der Waals surface area contributed by atoms with Crippen molar-refractivity contribution in [2.24, 2.45) is 0 Å². The number of rotatable bonds is 5. The molecular weight excluding hydrogens is 273 g/mol. The van der Waals surface area contributed by atoms with E-state index in [9.17, 15) is 8.60 Å². The Morgan fingerprint density at radius 3 is 2.45 bits per heavy atom. The molecule has 20 heavy (non-hydrogen) atoms. The Morgan fingerprint density at radius 2 is 1.80 bits per heavy atom. The van der Waals surface area contributed by atoms with Gasteiger partial charge in [-0.15, -0.1) is 0 Å². The van der Waals surface area contributed by atoms with Crippen molar-refractivity contribution in [2.45, 2.75) is 37.6 Å². The second-order valence-corrected chi connectivity index (χ2v) is 6.80. The summed E-state index contributed by atoms with van der Waals surface area (Å²) in [6.45, 7) is 5.34. The summed E-state index contributed by atoms with van der Waals surface area (Å²) in [5.74, 6) is 0. The molecule has 0 fully saturated rings. The van der Waals surface area contributed by atoms with E-state index in [1.165, 1.54) is 0 Å². The van der Waals surface area contributed by atoms with E-state index in [0.717, 1.165) is 21.2 Å². The monoisotopic (exact) mass is 293 g/mol. The smallest absolute Gasteiger partial charge is 0.126 e. The van der Waals surface area contributed by atoms with E-state index < -0.39 is 23.2 Å². The molecule has 1 unspecified atom stereocenters. The van der Waals surface area contributed by atoms with Crippen LogP contribution in [0.15, 0.2) is 41.3 Å². The Bertz CT molecular complexity index is 639. The molecule has 4 heteroatoms. The summed E-state index contributed by atoms with van der Waals surface area (Å²) in [4.78, 5) is 0.748. The molecule has 0 aromatic heterocycles. The molecular formula is C16H20FNOS. The maximum absolute atomic E-state index is 12.5. The Balaban J connectivity index is 2.38. The predicted molar refractivity (Wildman–Crippen MR) is 82.9 cm³/mol. The van der Waals surface area contributed by atoms with Crippen molar-refractivity contribution in [1.82, 2.24) is 4.72 Å². The molecule has 0 heterocycles. The summed E-state index contributed by atoms with van der Waals surface area (Å²) in [5, 5.41) is 2.08. The van der Waals surface area contributed by atoms with Crippen molar-refractivity contribution in [3.8, 4) is 0 Å². The van der Waals surface area contributed by atoms with Gasteiger partial charge in [0, 0.05) is 5.54 Å². The van der Waals surface area contributed by atoms with Crippen molar-refractivity contribution < 1.29 is 8.60 Å². The number of aryl methyl sites for hydroxylation is 1. The minimum atomic E-state index is -1.35. The van der Waals surface area contributed by atoms with E-state index in [0.29, 0.717) is 6.42 Å². The van der Waals surface area contributed by atoms with Crippen LogP contribution in [0.4, 0.5) is 4.39 Å². The lowest BCUT2D eigenvalue weighted by atomic mass is 10.0. The molecule has 2 rings (SSSR count). The molecule has 0 amide bonds. The summed E-state index contributed by atoms with van der Waals surface area (Å²) < 4.78 is 28.1. The van der Waals surface area contributed by atoms with Crippen LogP contribution in [0, 0.1) is 6.92 Å². The summed E-state index contributed by atoms with van der Waals surface area (Å²) in [5.41, 5.74) is 0.662. The first-order chi connectivity index (χ1) is 9.44. The zero-order valence-corrected chi connectivity index (χ0v) is 12.9. The van der Waals surface area contributed by atoms with Gasteiger partial charge in [0.2, 0.25) is 0 Å². The Hall–Kier alpha value is -1.26. The van der Waals surface area contributed by atoms with E-state index in [2.05, 4.69) is 4.72 Å². The third-order valence-corrected chi connectivity index (χ3v) is 4.88. The third kappa shape index (κ3) is 3.25. The number of hydrogen-bond acceptors (Lipinski definition) is 1. The van der Waals surface area contributed by atoms with Crippen LogP contribution in [0.5, 0.6) is 0 Å². The van der Waals surface area contributed by atoms with Crippen molar-refractivity contribution in [3.63, 3.8) is 0 Å². The zero-order chi connectivity index (χ0) is 14.8. The average Bonchev–Trinajstić information content (AvgIpc) is 2.38. The minimum Gasteiger partial charge on any atom is -0.251 e. The van der Waals surface area contributed by atoms with Crippen LogP contribution in [-0.4, -0.2) is 16.4 Å². The molecule has 0 aliphatic rings. The molecule has 1 atom stereocenters. The van der Waals surface area contributed by atoms with E-state index >= 15 is 0 Å². The Kier molecular flexibility index (Phi) is 4.55. The standard InChI is InChI=1S/C16H20FNOS/c1-12-8-9-15(14-7-5-4-6-13(12)14)20(19)18-16(2,3)10-11-17/h4-9,18H,10-11H2,1-3H3. The summed E-state index contributed by atoms with van der Waals surface area (Å²) in [7, 11) is -1.35. The van der Waals surface area contributed by atoms with Crippen molar-refractivity contribution in [3.05, 3.63) is 42.0 Å². The highest BCUT2D eigenvalue weighted by molar-refractivity contribution is 7.83. The summed E-state index contributed by atoms with van der Waals surface area (Å²) in [6, 6.07) is 11.8. The first-order valence-corrected chi connectivity index (χ1v) is 7.83. The van der Waals surface area contributed by atoms with Gasteiger partial charge >= 0.3 is 0 Å². The molecule has 2 nitrogen and oxygen atoms in total. The number of alkyl halides is 1. The fraction of sp³-hybridized carbons (Fsp3) is 0.375. The van der Waals surface area contributed by atoms with Gasteiger partial charge in [-0.3, -0.25) is 4.39 Å². The maximum Gasteiger partial charge on any atom is 0.126 e. The molecule has 0 bridgehead atoms. The lowest BCUT2D eigenvalue weighted by Crippen LogP contribution is -2.40. The predicted octanol–water partition coefficient (Wildman–Crippen LogP) is 3.90. The van der Waals surface area contributed by atoms with Crippen LogP contribution in [-0.2, 0) is 11.0 Å². The molecule has 0 saturated carbocycles. The highest BCUT2D eigenvalue weighted by Crippen LogP contribution is 2.25. The molecule has 2 aromatic carbocycles. The van der Waals surface area contributed by atoms with Gasteiger partial charge in [-0.25, -0.2) is 8.93 Å². The SMILES string of the molecule is Cc1ccc(S(=O)NC(C)(C)CCF)c2ccccc12. The molecule has 2 aromatic rings. The molecule has 0 spiro atoms. The highest BCUT2D eigenvalue weighted by atomic mass is 32.2. The lowest BCUT2D eigenvalue weighted by Gasteiger charge is -2.24. The first-order valence-electron chi connectivity index (χ1n) is 6.68. The van der Waals surface area contributed by atoms with E-state index in [4.69, 9.17) is 0 Å². The van der Waals surface area contributed by atoms with Crippen molar-refractivity contribution in [1.29, 1.82) is 0 Å². The molecule has 108 valence electrons. The first kappa shape index (κ1) is 15.1. The minimum absolute atomic E-state index is 0.336. The van der Waals surface area contributed by atoms with Gasteiger partial charge < -0.3 is 0 Å². The second-order valence-electron chi connectivity index (χ2n) is 5.62. The summed E-state index contributed by atoms with van der Waals surface area (Å²) in [6.07, 6.45) is 0.336. The van der Waals surface area contributed by atoms with Gasteiger partial charge in [-0.05, 0) is 49.6 Å². The van der Waals surface area contributed by atoms with Gasteiger partial charge in [0.25, 0.3) is 0 Å². The van der Waals surface area contributed by atoms with Gasteiger partial charge in [-0.2, -0.15) is 0 Å². The number of hydrogen-bond donors (Lipinski definition) is 1. The fourth-order valence-electron chi connectivity index (χ4n) is 2.18. The normalized spacial score (nSPS) is 13.6. The van der Waals surface area contributed by atoms with Crippen LogP contribution in [0.2, 0.25) is 0 Å². The van der Waals surface area contributed by atoms with E-state index in [1.54, 1.807) is 0 Å². The number of fused-ring (bicyclic) bond motifs is 1. The quantitative estimate of drug-likeness (QED) is 0.890. The van der Waals surface area contributed by atoms with Crippen molar-refractivity contribution >= 4 is 21.8 Å². The lowest BCUT2D eigenvalue weighted by molar-refractivity contribution is 0.358. The second kappa shape index (κ2) is 6.02. The summed E-state index contributed by atoms with van der Waals surface area (Å²) >= 11 is 0. The van der Waals surface area contributed by atoms with Gasteiger partial charge in [0.15, 0.2) is 0 Å². The molecule has 1 N–H and O–H groups in total. The van der Waals surface area contributed by atoms with Crippen LogP contribution >= 0.6 is 0 Å². The highest BCUT2D eigenvalue weighted by Gasteiger charge is 2.21. The van der Waals surface area contributed by atoms with Gasteiger partial charge in [-0.1, -0.05) is 30.3 Å². The third-order valence-electron chi connectivity index (χ3n) is 3.39. The van der Waals surface area contributed by atoms with Crippen LogP contribution in [0.3, 0.4) is 0 Å². The molecule has 0 aliphatic carbocycles. The largest absolute Gasteiger partial charge is 0.251 e. The topological polar surface area (TPSA) is 29.1 Å². The number of benzene rings is 2. The number of nitrogens with one attached hydrogen (secondary N) is 1. The Morgan fingerprint density at radius 1 is 1.15 bits per heavy atom. The fourth-order valence-corrected chi connectivity index (χ4v) is 3.46. The van der Waals surface area contributed by atoms with E-state index in [1.807, 2.05) is 57.2 Å². The van der Waals surface area contributed by atoms with Gasteiger partial charge in [0.05, 0.1) is 11.6 Å². The Labute approximate surface area is 122 Å². The number of halogens is 1. The molecule has 0 aliphatic heterocycles. The van der Waals surface area contributed by atoms with E-state index in [-0.39, 0.29) is 0 Å². The van der Waals surface area contributed by atoms with Gasteiger partial charge in [0.1, 0.15) is 11.0 Å². The molecule has 0 radical (unpaired) electrons. The maximum atomic E-state index is 12.5.